The minimum Gasteiger partial charge on any atom is -0.478 e. The third-order valence-electron chi connectivity index (χ3n) is 5.47. The van der Waals surface area contributed by atoms with Crippen LogP contribution in [0, 0.1) is 0 Å². The standard InChI is InChI=1S/C26H34O2/c1-18(9-8-10-19(2)15-24(27)28)11-12-20-16-21(25(3,4)5)17-23-22(20)13-14-26(23,6)7/h8-12,15-17H,13-14H2,1-7H3,(H,27,28)/b10-8+,12-11+,18-9-,19-15+. The van der Waals surface area contributed by atoms with Gasteiger partial charge in [0.05, 0.1) is 0 Å². The third-order valence-corrected chi connectivity index (χ3v) is 5.47. The molecule has 1 aliphatic carbocycles. The first-order chi connectivity index (χ1) is 12.9. The van der Waals surface area contributed by atoms with Crippen LogP contribution in [0.2, 0.25) is 0 Å². The molecule has 2 nitrogen and oxygen atoms in total. The fourth-order valence-electron chi connectivity index (χ4n) is 3.60. The normalized spacial score (nSPS) is 17.5. The van der Waals surface area contributed by atoms with Crippen LogP contribution in [0.5, 0.6) is 0 Å². The Hall–Kier alpha value is -2.35. The van der Waals surface area contributed by atoms with Gasteiger partial charge in [-0.2, -0.15) is 0 Å². The molecule has 1 N–H and O–H groups in total. The molecule has 28 heavy (non-hydrogen) atoms. The van der Waals surface area contributed by atoms with Crippen LogP contribution in [-0.4, -0.2) is 11.1 Å². The first-order valence-electron chi connectivity index (χ1n) is 10.0. The van der Waals surface area contributed by atoms with Gasteiger partial charge < -0.3 is 5.11 Å². The van der Waals surface area contributed by atoms with Crippen molar-refractivity contribution in [3.8, 4) is 0 Å². The zero-order valence-corrected chi connectivity index (χ0v) is 18.4. The molecule has 0 heterocycles. The minimum absolute atomic E-state index is 0.123. The Kier molecular flexibility index (Phi) is 6.54. The summed E-state index contributed by atoms with van der Waals surface area (Å²) < 4.78 is 0. The van der Waals surface area contributed by atoms with E-state index >= 15 is 0 Å². The zero-order valence-electron chi connectivity index (χ0n) is 18.4. The lowest BCUT2D eigenvalue weighted by Crippen LogP contribution is -2.16. The highest BCUT2D eigenvalue weighted by molar-refractivity contribution is 5.81. The average Bonchev–Trinajstić information content (AvgIpc) is 2.86. The van der Waals surface area contributed by atoms with Gasteiger partial charge in [-0.3, -0.25) is 0 Å². The first-order valence-corrected chi connectivity index (χ1v) is 10.0. The molecular formula is C26H34O2. The monoisotopic (exact) mass is 378 g/mol. The summed E-state index contributed by atoms with van der Waals surface area (Å²) >= 11 is 0. The second kappa shape index (κ2) is 8.34. The third kappa shape index (κ3) is 5.58. The van der Waals surface area contributed by atoms with Crippen LogP contribution >= 0.6 is 0 Å². The number of rotatable bonds is 5. The molecule has 0 spiro atoms. The molecule has 1 aromatic rings. The molecule has 2 heteroatoms. The lowest BCUT2D eigenvalue weighted by atomic mass is 9.79. The summed E-state index contributed by atoms with van der Waals surface area (Å²) in [6, 6.07) is 4.77. The summed E-state index contributed by atoms with van der Waals surface area (Å²) in [5.74, 6) is -0.918. The van der Waals surface area contributed by atoms with E-state index in [4.69, 9.17) is 5.11 Å². The van der Waals surface area contributed by atoms with E-state index < -0.39 is 5.97 Å². The Morgan fingerprint density at radius 3 is 2.39 bits per heavy atom. The van der Waals surface area contributed by atoms with Gasteiger partial charge >= 0.3 is 5.97 Å². The highest BCUT2D eigenvalue weighted by Crippen LogP contribution is 2.42. The fraction of sp³-hybridized carbons (Fsp3) is 0.423. The van der Waals surface area contributed by atoms with Crippen molar-refractivity contribution in [2.24, 2.45) is 0 Å². The SMILES string of the molecule is CC(=C/C=C/C(C)=C/C(=O)O)/C=C/c1cc(C(C)(C)C)cc2c1CCC2(C)C. The molecule has 0 saturated carbocycles. The van der Waals surface area contributed by atoms with Gasteiger partial charge in [-0.25, -0.2) is 4.79 Å². The second-order valence-electron chi connectivity index (χ2n) is 9.56. The average molecular weight is 379 g/mol. The van der Waals surface area contributed by atoms with Crippen molar-refractivity contribution >= 4 is 12.0 Å². The predicted molar refractivity (Wildman–Crippen MR) is 120 cm³/mol. The molecule has 0 aliphatic heterocycles. The smallest absolute Gasteiger partial charge is 0.328 e. The molecule has 0 atom stereocenters. The van der Waals surface area contributed by atoms with E-state index in [1.807, 2.05) is 18.2 Å². The van der Waals surface area contributed by atoms with E-state index in [2.05, 4.69) is 65.8 Å². The summed E-state index contributed by atoms with van der Waals surface area (Å²) in [6.45, 7) is 15.4. The molecule has 1 aliphatic rings. The number of carboxylic acid groups (broad SMARTS) is 1. The molecule has 1 aromatic carbocycles. The lowest BCUT2D eigenvalue weighted by molar-refractivity contribution is -0.131. The molecule has 0 saturated heterocycles. The van der Waals surface area contributed by atoms with Gasteiger partial charge in [0.2, 0.25) is 0 Å². The van der Waals surface area contributed by atoms with Crippen LogP contribution in [0.3, 0.4) is 0 Å². The van der Waals surface area contributed by atoms with E-state index in [-0.39, 0.29) is 10.8 Å². The topological polar surface area (TPSA) is 37.3 Å². The number of hydrogen-bond acceptors (Lipinski definition) is 1. The second-order valence-corrected chi connectivity index (χ2v) is 9.56. The van der Waals surface area contributed by atoms with Crippen LogP contribution < -0.4 is 0 Å². The molecule has 0 amide bonds. The molecule has 2 rings (SSSR count). The molecular weight excluding hydrogens is 344 g/mol. The van der Waals surface area contributed by atoms with E-state index in [0.29, 0.717) is 0 Å². The first kappa shape index (κ1) is 21.9. The van der Waals surface area contributed by atoms with Crippen LogP contribution in [0.1, 0.15) is 77.1 Å². The molecule has 0 fully saturated rings. The molecule has 0 radical (unpaired) electrons. The Morgan fingerprint density at radius 1 is 1.11 bits per heavy atom. The van der Waals surface area contributed by atoms with Gasteiger partial charge in [0.25, 0.3) is 0 Å². The van der Waals surface area contributed by atoms with E-state index in [1.165, 1.54) is 34.8 Å². The zero-order chi connectivity index (χ0) is 21.1. The number of hydrogen-bond donors (Lipinski definition) is 1. The van der Waals surface area contributed by atoms with E-state index in [9.17, 15) is 4.79 Å². The highest BCUT2D eigenvalue weighted by atomic mass is 16.4. The van der Waals surface area contributed by atoms with Crippen LogP contribution in [0.4, 0.5) is 0 Å². The number of fused-ring (bicyclic) bond motifs is 1. The minimum atomic E-state index is -0.918. The number of benzene rings is 1. The maximum absolute atomic E-state index is 10.7. The van der Waals surface area contributed by atoms with E-state index in [0.717, 1.165) is 17.6 Å². The van der Waals surface area contributed by atoms with Crippen LogP contribution in [0.25, 0.3) is 6.08 Å². The van der Waals surface area contributed by atoms with Gasteiger partial charge in [-0.1, -0.05) is 82.7 Å². The Bertz CT molecular complexity index is 868. The van der Waals surface area contributed by atoms with Gasteiger partial charge in [0.15, 0.2) is 0 Å². The molecule has 0 bridgehead atoms. The maximum Gasteiger partial charge on any atom is 0.328 e. The van der Waals surface area contributed by atoms with Crippen molar-refractivity contribution in [3.63, 3.8) is 0 Å². The molecule has 0 unspecified atom stereocenters. The summed E-state index contributed by atoms with van der Waals surface area (Å²) in [7, 11) is 0. The largest absolute Gasteiger partial charge is 0.478 e. The molecule has 0 aromatic heterocycles. The Labute approximate surface area is 170 Å². The van der Waals surface area contributed by atoms with Crippen molar-refractivity contribution < 1.29 is 9.90 Å². The van der Waals surface area contributed by atoms with Gasteiger partial charge in [0.1, 0.15) is 0 Å². The summed E-state index contributed by atoms with van der Waals surface area (Å²) in [5, 5.41) is 8.76. The summed E-state index contributed by atoms with van der Waals surface area (Å²) in [4.78, 5) is 10.7. The fourth-order valence-corrected chi connectivity index (χ4v) is 3.60. The number of allylic oxidation sites excluding steroid dienone is 6. The lowest BCUT2D eigenvalue weighted by Gasteiger charge is -2.25. The predicted octanol–water partition coefficient (Wildman–Crippen LogP) is 6.75. The van der Waals surface area contributed by atoms with Gasteiger partial charge in [-0.15, -0.1) is 0 Å². The number of aliphatic carboxylic acids is 1. The van der Waals surface area contributed by atoms with Crippen molar-refractivity contribution in [3.05, 3.63) is 75.9 Å². The summed E-state index contributed by atoms with van der Waals surface area (Å²) in [6.07, 6.45) is 13.6. The maximum atomic E-state index is 10.7. The van der Waals surface area contributed by atoms with Crippen molar-refractivity contribution in [2.75, 3.05) is 0 Å². The number of carbonyl (C=O) groups is 1. The quantitative estimate of drug-likeness (QED) is 0.454. The number of carboxylic acids is 1. The van der Waals surface area contributed by atoms with Crippen LogP contribution in [-0.2, 0) is 22.0 Å². The van der Waals surface area contributed by atoms with Crippen molar-refractivity contribution in [2.45, 2.75) is 72.1 Å². The van der Waals surface area contributed by atoms with Gasteiger partial charge in [-0.05, 0) is 65.3 Å². The van der Waals surface area contributed by atoms with Crippen molar-refractivity contribution in [1.82, 2.24) is 0 Å². The Morgan fingerprint density at radius 2 is 1.79 bits per heavy atom. The van der Waals surface area contributed by atoms with Crippen LogP contribution in [0.15, 0.2) is 53.7 Å². The van der Waals surface area contributed by atoms with E-state index in [1.54, 1.807) is 6.92 Å². The van der Waals surface area contributed by atoms with Gasteiger partial charge in [0, 0.05) is 6.08 Å². The van der Waals surface area contributed by atoms with Crippen molar-refractivity contribution in [1.29, 1.82) is 0 Å². The Balaban J connectivity index is 2.33. The summed E-state index contributed by atoms with van der Waals surface area (Å²) in [5.41, 5.74) is 7.90. The highest BCUT2D eigenvalue weighted by Gasteiger charge is 2.32. The molecule has 150 valence electrons.